The molecule has 1 aromatic carbocycles. The summed E-state index contributed by atoms with van der Waals surface area (Å²) in [7, 11) is 0. The number of hydrogen-bond donors (Lipinski definition) is 0. The molecule has 2 aliphatic rings. The molecule has 0 bridgehead atoms. The van der Waals surface area contributed by atoms with Crippen LogP contribution in [-0.2, 0) is 22.7 Å². The van der Waals surface area contributed by atoms with Crippen LogP contribution >= 0.6 is 15.9 Å². The molecule has 0 spiro atoms. The van der Waals surface area contributed by atoms with E-state index >= 15 is 0 Å². The van der Waals surface area contributed by atoms with Crippen molar-refractivity contribution in [1.82, 2.24) is 14.8 Å². The molecule has 7 heteroatoms. The first-order chi connectivity index (χ1) is 13.1. The van der Waals surface area contributed by atoms with E-state index in [1.165, 1.54) is 0 Å². The number of aromatic nitrogens is 1. The van der Waals surface area contributed by atoms with Crippen LogP contribution in [0.4, 0.5) is 0 Å². The topological polar surface area (TPSA) is 66.7 Å². The number of nitrogens with zero attached hydrogens (tertiary/aromatic N) is 3. The number of amides is 1. The number of likely N-dealkylation sites (tertiary alicyclic amines) is 1. The van der Waals surface area contributed by atoms with Gasteiger partial charge in [-0.2, -0.15) is 0 Å². The Balaban J connectivity index is 1.44. The maximum atomic E-state index is 12.7. The fourth-order valence-corrected chi connectivity index (χ4v) is 4.18. The van der Waals surface area contributed by atoms with Crippen molar-refractivity contribution in [2.24, 2.45) is 0 Å². The SMILES string of the molecule is Cc1c(Br)cccc1-c1nc2c(o1)CN(C(=O)CN1CCCCC1C=O)C2. The molecule has 142 valence electrons. The maximum absolute atomic E-state index is 12.7. The molecule has 0 saturated carbocycles. The summed E-state index contributed by atoms with van der Waals surface area (Å²) in [5, 5.41) is 0. The molecule has 0 radical (unpaired) electrons. The highest BCUT2D eigenvalue weighted by Gasteiger charge is 2.32. The summed E-state index contributed by atoms with van der Waals surface area (Å²) in [6, 6.07) is 5.80. The third-order valence-corrected chi connectivity index (χ3v) is 6.32. The zero-order chi connectivity index (χ0) is 19.0. The second-order valence-corrected chi connectivity index (χ2v) is 8.08. The molecular weight excluding hydrogens is 410 g/mol. The standard InChI is InChI=1S/C20H22BrN3O3/c1-13-15(6-4-7-16(13)21)20-22-17-9-24(10-18(17)27-20)19(26)11-23-8-3-2-5-14(23)12-25/h4,6-7,12,14H,2-3,5,8-11H2,1H3. The van der Waals surface area contributed by atoms with Gasteiger partial charge in [0.25, 0.3) is 0 Å². The van der Waals surface area contributed by atoms with Crippen LogP contribution in [0.1, 0.15) is 36.3 Å². The number of hydrogen-bond acceptors (Lipinski definition) is 5. The third-order valence-electron chi connectivity index (χ3n) is 5.46. The Bertz CT molecular complexity index is 856. The zero-order valence-corrected chi connectivity index (χ0v) is 16.9. The van der Waals surface area contributed by atoms with E-state index in [1.807, 2.05) is 30.0 Å². The van der Waals surface area contributed by atoms with Crippen molar-refractivity contribution < 1.29 is 14.0 Å². The normalized spacial score (nSPS) is 19.9. The monoisotopic (exact) mass is 431 g/mol. The van der Waals surface area contributed by atoms with Crippen LogP contribution in [-0.4, -0.2) is 46.1 Å². The highest BCUT2D eigenvalue weighted by Crippen LogP contribution is 2.32. The Morgan fingerprint density at radius 2 is 2.22 bits per heavy atom. The molecule has 1 fully saturated rings. The molecule has 1 atom stereocenters. The number of carbonyl (C=O) groups excluding carboxylic acids is 2. The van der Waals surface area contributed by atoms with Gasteiger partial charge in [0.2, 0.25) is 11.8 Å². The predicted molar refractivity (Wildman–Crippen MR) is 104 cm³/mol. The molecule has 6 nitrogen and oxygen atoms in total. The number of fused-ring (bicyclic) bond motifs is 1. The Kier molecular flexibility index (Phi) is 5.14. The number of benzene rings is 1. The largest absolute Gasteiger partial charge is 0.439 e. The Morgan fingerprint density at radius 3 is 3.00 bits per heavy atom. The lowest BCUT2D eigenvalue weighted by molar-refractivity contribution is -0.134. The Morgan fingerprint density at radius 1 is 1.37 bits per heavy atom. The first-order valence-corrected chi connectivity index (χ1v) is 10.1. The fraction of sp³-hybridized carbons (Fsp3) is 0.450. The lowest BCUT2D eigenvalue weighted by Gasteiger charge is -2.32. The average Bonchev–Trinajstić information content (AvgIpc) is 3.23. The fourth-order valence-electron chi connectivity index (χ4n) is 3.81. The summed E-state index contributed by atoms with van der Waals surface area (Å²) in [6.45, 7) is 4.01. The van der Waals surface area contributed by atoms with Gasteiger partial charge in [-0.1, -0.05) is 28.4 Å². The van der Waals surface area contributed by atoms with Gasteiger partial charge in [0.15, 0.2) is 0 Å². The van der Waals surface area contributed by atoms with Gasteiger partial charge < -0.3 is 14.1 Å². The number of halogens is 1. The van der Waals surface area contributed by atoms with Gasteiger partial charge in [-0.25, -0.2) is 4.98 Å². The van der Waals surface area contributed by atoms with Crippen molar-refractivity contribution >= 4 is 28.1 Å². The van der Waals surface area contributed by atoms with E-state index in [9.17, 15) is 9.59 Å². The van der Waals surface area contributed by atoms with Gasteiger partial charge in [0, 0.05) is 10.0 Å². The van der Waals surface area contributed by atoms with Crippen LogP contribution in [0.25, 0.3) is 11.5 Å². The molecule has 3 heterocycles. The maximum Gasteiger partial charge on any atom is 0.237 e. The number of carbonyl (C=O) groups is 2. The van der Waals surface area contributed by atoms with E-state index < -0.39 is 0 Å². The minimum Gasteiger partial charge on any atom is -0.439 e. The molecule has 2 aliphatic heterocycles. The summed E-state index contributed by atoms with van der Waals surface area (Å²) in [4.78, 5) is 32.3. The van der Waals surface area contributed by atoms with Gasteiger partial charge in [0.05, 0.1) is 25.7 Å². The van der Waals surface area contributed by atoms with Gasteiger partial charge in [-0.3, -0.25) is 9.69 Å². The molecule has 0 aliphatic carbocycles. The van der Waals surface area contributed by atoms with Crippen LogP contribution in [0.2, 0.25) is 0 Å². The van der Waals surface area contributed by atoms with Crippen molar-refractivity contribution in [2.45, 2.75) is 45.3 Å². The molecule has 1 aromatic heterocycles. The summed E-state index contributed by atoms with van der Waals surface area (Å²) in [5.74, 6) is 1.38. The quantitative estimate of drug-likeness (QED) is 0.694. The third kappa shape index (κ3) is 3.58. The predicted octanol–water partition coefficient (Wildman–Crippen LogP) is 3.31. The van der Waals surface area contributed by atoms with E-state index in [0.717, 1.165) is 59.1 Å². The molecule has 1 saturated heterocycles. The second kappa shape index (κ2) is 7.56. The van der Waals surface area contributed by atoms with Crippen molar-refractivity contribution in [2.75, 3.05) is 13.1 Å². The molecule has 1 amide bonds. The Hall–Kier alpha value is -1.99. The number of oxazole rings is 1. The van der Waals surface area contributed by atoms with E-state index in [0.29, 0.717) is 19.0 Å². The summed E-state index contributed by atoms with van der Waals surface area (Å²) < 4.78 is 6.98. The first-order valence-electron chi connectivity index (χ1n) is 9.28. The van der Waals surface area contributed by atoms with Gasteiger partial charge >= 0.3 is 0 Å². The molecule has 1 unspecified atom stereocenters. The van der Waals surface area contributed by atoms with Gasteiger partial charge in [-0.15, -0.1) is 0 Å². The Labute approximate surface area is 166 Å². The van der Waals surface area contributed by atoms with Crippen LogP contribution < -0.4 is 0 Å². The average molecular weight is 432 g/mol. The van der Waals surface area contributed by atoms with Crippen molar-refractivity contribution in [3.63, 3.8) is 0 Å². The van der Waals surface area contributed by atoms with Crippen LogP contribution in [0, 0.1) is 6.92 Å². The zero-order valence-electron chi connectivity index (χ0n) is 15.3. The van der Waals surface area contributed by atoms with Gasteiger partial charge in [0.1, 0.15) is 17.7 Å². The lowest BCUT2D eigenvalue weighted by atomic mass is 10.0. The van der Waals surface area contributed by atoms with Gasteiger partial charge in [-0.05, 0) is 44.0 Å². The highest BCUT2D eigenvalue weighted by molar-refractivity contribution is 9.10. The van der Waals surface area contributed by atoms with Crippen molar-refractivity contribution in [1.29, 1.82) is 0 Å². The van der Waals surface area contributed by atoms with E-state index in [2.05, 4.69) is 20.9 Å². The minimum absolute atomic E-state index is 0.0251. The molecule has 27 heavy (non-hydrogen) atoms. The van der Waals surface area contributed by atoms with E-state index in [4.69, 9.17) is 4.42 Å². The van der Waals surface area contributed by atoms with Crippen molar-refractivity contribution in [3.05, 3.63) is 39.7 Å². The molecule has 4 rings (SSSR count). The summed E-state index contributed by atoms with van der Waals surface area (Å²) >= 11 is 3.53. The van der Waals surface area contributed by atoms with Crippen LogP contribution in [0.3, 0.4) is 0 Å². The van der Waals surface area contributed by atoms with Crippen LogP contribution in [0.15, 0.2) is 27.1 Å². The number of rotatable bonds is 4. The van der Waals surface area contributed by atoms with Crippen LogP contribution in [0.5, 0.6) is 0 Å². The minimum atomic E-state index is -0.134. The molecular formula is C20H22BrN3O3. The number of aldehydes is 1. The lowest BCUT2D eigenvalue weighted by Crippen LogP contribution is -2.46. The molecule has 0 N–H and O–H groups in total. The van der Waals surface area contributed by atoms with Crippen molar-refractivity contribution in [3.8, 4) is 11.5 Å². The summed E-state index contributed by atoms with van der Waals surface area (Å²) in [6.07, 6.45) is 3.89. The van der Waals surface area contributed by atoms with E-state index in [-0.39, 0.29) is 18.5 Å². The number of piperidine rings is 1. The smallest absolute Gasteiger partial charge is 0.237 e. The first kappa shape index (κ1) is 18.4. The summed E-state index contributed by atoms with van der Waals surface area (Å²) in [5.41, 5.74) is 2.86. The molecule has 2 aromatic rings. The van der Waals surface area contributed by atoms with E-state index in [1.54, 1.807) is 4.90 Å². The highest BCUT2D eigenvalue weighted by atomic mass is 79.9. The second-order valence-electron chi connectivity index (χ2n) is 7.22.